The molecule has 1 aliphatic rings. The molecule has 1 atom stereocenters. The molecule has 0 saturated heterocycles. The fourth-order valence-corrected chi connectivity index (χ4v) is 3.24. The third-order valence-electron chi connectivity index (χ3n) is 4.43. The van der Waals surface area contributed by atoms with Crippen molar-refractivity contribution in [1.82, 2.24) is 5.32 Å². The van der Waals surface area contributed by atoms with Gasteiger partial charge in [0.25, 0.3) is 0 Å². The van der Waals surface area contributed by atoms with Crippen LogP contribution in [0, 0.1) is 19.7 Å². The first-order chi connectivity index (χ1) is 11.8. The summed E-state index contributed by atoms with van der Waals surface area (Å²) in [6.45, 7) is 16.0. The molecule has 0 amide bonds. The minimum Gasteiger partial charge on any atom is -0.362 e. The summed E-state index contributed by atoms with van der Waals surface area (Å²) in [4.78, 5) is 0. The summed E-state index contributed by atoms with van der Waals surface area (Å²) in [5.41, 5.74) is 7.34. The Hall–Kier alpha value is -2.18. The summed E-state index contributed by atoms with van der Waals surface area (Å²) in [6.07, 6.45) is 9.51. The van der Waals surface area contributed by atoms with Gasteiger partial charge in [-0.2, -0.15) is 0 Å². The topological polar surface area (TPSA) is 12.0 Å². The Morgan fingerprint density at radius 1 is 1.32 bits per heavy atom. The normalized spacial score (nSPS) is 15.1. The highest BCUT2D eigenvalue weighted by molar-refractivity contribution is 7.23. The Morgan fingerprint density at radius 2 is 2.00 bits per heavy atom. The van der Waals surface area contributed by atoms with Crippen molar-refractivity contribution in [2.24, 2.45) is 0 Å². The number of halogens is 1. The molecule has 25 heavy (non-hydrogen) atoms. The predicted molar refractivity (Wildman–Crippen MR) is 112 cm³/mol. The van der Waals surface area contributed by atoms with E-state index >= 15 is 0 Å². The zero-order valence-electron chi connectivity index (χ0n) is 15.3. The molecule has 0 saturated carbocycles. The lowest BCUT2D eigenvalue weighted by Gasteiger charge is -2.24. The van der Waals surface area contributed by atoms with E-state index in [4.69, 9.17) is 0 Å². The van der Waals surface area contributed by atoms with Gasteiger partial charge in [0.15, 0.2) is 0 Å². The van der Waals surface area contributed by atoms with Gasteiger partial charge in [-0.1, -0.05) is 31.4 Å². The average Bonchev–Trinajstić information content (AvgIpc) is 2.55. The summed E-state index contributed by atoms with van der Waals surface area (Å²) < 4.78 is 14.5. The molecule has 1 N–H and O–H groups in total. The zero-order valence-corrected chi connectivity index (χ0v) is 16.5. The average molecular weight is 353 g/mol. The van der Waals surface area contributed by atoms with E-state index in [1.807, 2.05) is 58.2 Å². The monoisotopic (exact) mass is 353 g/mol. The lowest BCUT2D eigenvalue weighted by atomic mass is 9.83. The number of aryl methyl sites for hydroxylation is 1. The minimum absolute atomic E-state index is 0.201. The molecular weight excluding hydrogens is 328 g/mol. The van der Waals surface area contributed by atoms with Crippen LogP contribution in [0.15, 0.2) is 65.8 Å². The van der Waals surface area contributed by atoms with E-state index in [2.05, 4.69) is 27.7 Å². The maximum atomic E-state index is 14.5. The smallest absolute Gasteiger partial charge is 0.130 e. The van der Waals surface area contributed by atoms with Gasteiger partial charge in [-0.3, -0.25) is 0 Å². The Balaban J connectivity index is 2.90. The lowest BCUT2D eigenvalue weighted by molar-refractivity contribution is 0.622. The summed E-state index contributed by atoms with van der Waals surface area (Å²) in [5, 5.41) is 4.06. The van der Waals surface area contributed by atoms with Gasteiger partial charge in [-0.15, -0.1) is 9.24 Å². The molecule has 0 aliphatic carbocycles. The van der Waals surface area contributed by atoms with Crippen LogP contribution in [-0.2, 0) is 0 Å². The van der Waals surface area contributed by atoms with Crippen LogP contribution in [0.5, 0.6) is 0 Å². The van der Waals surface area contributed by atoms with Crippen LogP contribution in [0.3, 0.4) is 0 Å². The molecule has 3 heteroatoms. The number of benzene rings is 1. The van der Waals surface area contributed by atoms with Gasteiger partial charge in [-0.05, 0) is 73.0 Å². The van der Waals surface area contributed by atoms with Crippen LogP contribution in [0.1, 0.15) is 36.1 Å². The van der Waals surface area contributed by atoms with E-state index in [1.54, 1.807) is 6.07 Å². The Morgan fingerprint density at radius 3 is 2.56 bits per heavy atom. The predicted octanol–water partition coefficient (Wildman–Crippen LogP) is 6.19. The quantitative estimate of drug-likeness (QED) is 0.502. The van der Waals surface area contributed by atoms with Crippen LogP contribution in [0.25, 0.3) is 11.6 Å². The molecule has 1 aromatic carbocycles. The van der Waals surface area contributed by atoms with Crippen molar-refractivity contribution in [3.63, 3.8) is 0 Å². The number of dihydropyridines is 1. The van der Waals surface area contributed by atoms with Crippen LogP contribution in [0.4, 0.5) is 4.39 Å². The molecule has 0 radical (unpaired) electrons. The molecule has 1 heterocycles. The summed E-state index contributed by atoms with van der Waals surface area (Å²) >= 11 is 0. The lowest BCUT2D eigenvalue weighted by Crippen LogP contribution is -2.13. The van der Waals surface area contributed by atoms with E-state index in [1.165, 1.54) is 0 Å². The summed E-state index contributed by atoms with van der Waals surface area (Å²) in [7, 11) is 2.66. The maximum absolute atomic E-state index is 14.5. The summed E-state index contributed by atoms with van der Waals surface area (Å²) in [6, 6.07) is 1.60. The highest BCUT2D eigenvalue weighted by Gasteiger charge is 2.21. The van der Waals surface area contributed by atoms with Crippen molar-refractivity contribution in [2.75, 3.05) is 0 Å². The van der Waals surface area contributed by atoms with E-state index in [9.17, 15) is 4.39 Å². The van der Waals surface area contributed by atoms with Gasteiger partial charge in [0.1, 0.15) is 5.82 Å². The molecule has 0 fully saturated rings. The largest absolute Gasteiger partial charge is 0.362 e. The van der Waals surface area contributed by atoms with Crippen molar-refractivity contribution in [1.29, 1.82) is 0 Å². The molecule has 1 unspecified atom stereocenters. The number of rotatable bonds is 4. The molecule has 0 spiro atoms. The van der Waals surface area contributed by atoms with Crippen molar-refractivity contribution in [3.8, 4) is 0 Å². The molecule has 0 bridgehead atoms. The number of hydrogen-bond acceptors (Lipinski definition) is 1. The first-order valence-corrected chi connectivity index (χ1v) is 8.78. The van der Waals surface area contributed by atoms with Gasteiger partial charge < -0.3 is 5.32 Å². The summed E-state index contributed by atoms with van der Waals surface area (Å²) in [5.74, 6) is -0.201. The number of hydrogen-bond donors (Lipinski definition) is 1. The van der Waals surface area contributed by atoms with E-state index in [0.717, 1.165) is 44.4 Å². The second-order valence-electron chi connectivity index (χ2n) is 6.18. The van der Waals surface area contributed by atoms with Gasteiger partial charge in [0.05, 0.1) is 0 Å². The van der Waals surface area contributed by atoms with Gasteiger partial charge in [0.2, 0.25) is 0 Å². The van der Waals surface area contributed by atoms with E-state index in [0.29, 0.717) is 5.56 Å². The molecule has 1 aliphatic heterocycles. The van der Waals surface area contributed by atoms with Crippen molar-refractivity contribution in [2.45, 2.75) is 27.7 Å². The first-order valence-electron chi connectivity index (χ1n) is 8.21. The van der Waals surface area contributed by atoms with Gasteiger partial charge in [0, 0.05) is 23.0 Å². The fraction of sp³-hybridized carbons (Fsp3) is 0.182. The molecular formula is C22H25FNP. The molecule has 1 aromatic rings. The van der Waals surface area contributed by atoms with Crippen LogP contribution < -0.4 is 5.32 Å². The second-order valence-corrected chi connectivity index (χ2v) is 6.87. The fourth-order valence-electron chi connectivity index (χ4n) is 3.10. The van der Waals surface area contributed by atoms with Crippen LogP contribution in [-0.4, -0.2) is 0 Å². The van der Waals surface area contributed by atoms with Gasteiger partial charge >= 0.3 is 0 Å². The van der Waals surface area contributed by atoms with Crippen LogP contribution >= 0.6 is 9.24 Å². The Bertz CT molecular complexity index is 867. The molecule has 0 aromatic heterocycles. The number of allylic oxidation sites excluding steroid dienone is 6. The van der Waals surface area contributed by atoms with Crippen LogP contribution in [0.2, 0.25) is 0 Å². The van der Waals surface area contributed by atoms with Crippen molar-refractivity contribution < 1.29 is 4.39 Å². The standard InChI is InChI=1S/C22H25FNP/c1-7-9-18-15(4)21(13(2)12-20(18)23)22(14(3)17(6)25)19-10-8-11-24-16(19)5/h7-12,24H,5-6,25H2,1-4H3/b9-7-,22-14+. The molecule has 130 valence electrons. The van der Waals surface area contributed by atoms with Gasteiger partial charge in [-0.25, -0.2) is 4.39 Å². The molecule has 1 nitrogen and oxygen atoms in total. The van der Waals surface area contributed by atoms with E-state index in [-0.39, 0.29) is 5.82 Å². The highest BCUT2D eigenvalue weighted by Crippen LogP contribution is 2.39. The minimum atomic E-state index is -0.201. The second kappa shape index (κ2) is 7.80. The maximum Gasteiger partial charge on any atom is 0.130 e. The Kier molecular flexibility index (Phi) is 5.98. The molecule has 2 rings (SSSR count). The van der Waals surface area contributed by atoms with E-state index < -0.39 is 0 Å². The highest BCUT2D eigenvalue weighted by atomic mass is 31.0. The van der Waals surface area contributed by atoms with Crippen molar-refractivity contribution in [3.05, 3.63) is 93.9 Å². The Labute approximate surface area is 152 Å². The zero-order chi connectivity index (χ0) is 18.7. The number of nitrogens with one attached hydrogen (secondary N) is 1. The van der Waals surface area contributed by atoms with Crippen molar-refractivity contribution >= 4 is 20.9 Å². The SMILES string of the molecule is C=C1NC=CC=C1/C(=C(/C)C(=C)P)c1c(C)cc(F)c(/C=C\C)c1C. The first kappa shape index (κ1) is 19.1. The third-order valence-corrected chi connectivity index (χ3v) is 4.86. The third kappa shape index (κ3) is 3.75.